The van der Waals surface area contributed by atoms with E-state index in [-0.39, 0.29) is 0 Å². The molecule has 6 heteroatoms. The molecule has 0 saturated carbocycles. The molecule has 4 nitrogen and oxygen atoms in total. The van der Waals surface area contributed by atoms with Crippen LogP contribution in [0.15, 0.2) is 53.7 Å². The lowest BCUT2D eigenvalue weighted by Crippen LogP contribution is -2.02. The summed E-state index contributed by atoms with van der Waals surface area (Å²) < 4.78 is 9.20. The minimum Gasteiger partial charge on any atom is -0.492 e. The van der Waals surface area contributed by atoms with Crippen molar-refractivity contribution >= 4 is 38.3 Å². The van der Waals surface area contributed by atoms with Gasteiger partial charge in [-0.25, -0.2) is 0 Å². The van der Waals surface area contributed by atoms with Gasteiger partial charge in [0.1, 0.15) is 5.75 Å². The lowest BCUT2D eigenvalue weighted by Gasteiger charge is -2.07. The van der Waals surface area contributed by atoms with Crippen LogP contribution in [0.25, 0.3) is 15.2 Å². The molecule has 23 heavy (non-hydrogen) atoms. The molecule has 2 aromatic carbocycles. The van der Waals surface area contributed by atoms with Crippen LogP contribution in [0.2, 0.25) is 0 Å². The van der Waals surface area contributed by atoms with Gasteiger partial charge < -0.3 is 4.74 Å². The molecule has 0 bridgehead atoms. The molecule has 0 aliphatic carbocycles. The van der Waals surface area contributed by atoms with Gasteiger partial charge in [-0.15, -0.1) is 10.2 Å². The molecule has 0 spiro atoms. The smallest absolute Gasteiger partial charge is 0.217 e. The second kappa shape index (κ2) is 6.22. The number of thiazole rings is 1. The lowest BCUT2D eigenvalue weighted by molar-refractivity contribution is 0.341. The number of para-hydroxylation sites is 2. The first-order valence-electron chi connectivity index (χ1n) is 7.37. The Kier molecular flexibility index (Phi) is 3.93. The molecule has 2 heterocycles. The third kappa shape index (κ3) is 2.80. The standard InChI is InChI=1S/C17H15N3OS2/c1-12-6-2-4-8-14(12)21-10-11-22-16-18-19-17-20(16)13-7-3-5-9-15(13)23-17/h2-9H,10-11H2,1H3. The van der Waals surface area contributed by atoms with Crippen molar-refractivity contribution in [3.63, 3.8) is 0 Å². The van der Waals surface area contributed by atoms with Gasteiger partial charge in [0.05, 0.1) is 16.8 Å². The number of thioether (sulfide) groups is 1. The van der Waals surface area contributed by atoms with Gasteiger partial charge in [-0.05, 0) is 30.7 Å². The first-order chi connectivity index (χ1) is 11.3. The molecule has 0 N–H and O–H groups in total. The van der Waals surface area contributed by atoms with Gasteiger partial charge in [0, 0.05) is 5.75 Å². The van der Waals surface area contributed by atoms with E-state index in [1.54, 1.807) is 23.1 Å². The largest absolute Gasteiger partial charge is 0.492 e. The molecule has 2 aromatic heterocycles. The summed E-state index contributed by atoms with van der Waals surface area (Å²) in [7, 11) is 0. The molecule has 4 aromatic rings. The molecule has 0 fully saturated rings. The van der Waals surface area contributed by atoms with Crippen LogP contribution in [0.4, 0.5) is 0 Å². The molecule has 0 saturated heterocycles. The second-order valence-electron chi connectivity index (χ2n) is 5.13. The van der Waals surface area contributed by atoms with Crippen LogP contribution in [0.1, 0.15) is 5.56 Å². The molecule has 116 valence electrons. The number of aryl methyl sites for hydroxylation is 1. The monoisotopic (exact) mass is 341 g/mol. The number of benzene rings is 2. The number of nitrogens with zero attached hydrogens (tertiary/aromatic N) is 3. The Labute approximate surface area is 142 Å². The third-order valence-electron chi connectivity index (χ3n) is 3.58. The highest BCUT2D eigenvalue weighted by atomic mass is 32.2. The van der Waals surface area contributed by atoms with Crippen molar-refractivity contribution in [1.82, 2.24) is 14.6 Å². The topological polar surface area (TPSA) is 39.4 Å². The molecule has 0 aliphatic rings. The maximum absolute atomic E-state index is 5.84. The van der Waals surface area contributed by atoms with E-state index in [1.165, 1.54) is 10.2 Å². The molecular weight excluding hydrogens is 326 g/mol. The van der Waals surface area contributed by atoms with Crippen LogP contribution < -0.4 is 4.74 Å². The van der Waals surface area contributed by atoms with Crippen molar-refractivity contribution in [3.8, 4) is 5.75 Å². The minimum absolute atomic E-state index is 0.645. The van der Waals surface area contributed by atoms with E-state index in [2.05, 4.69) is 45.8 Å². The number of fused-ring (bicyclic) bond motifs is 3. The van der Waals surface area contributed by atoms with Crippen LogP contribution in [-0.4, -0.2) is 27.0 Å². The maximum Gasteiger partial charge on any atom is 0.217 e. The highest BCUT2D eigenvalue weighted by Gasteiger charge is 2.12. The average molecular weight is 341 g/mol. The fourth-order valence-corrected chi connectivity index (χ4v) is 4.24. The van der Waals surface area contributed by atoms with Crippen LogP contribution >= 0.6 is 23.1 Å². The normalized spacial score (nSPS) is 11.3. The van der Waals surface area contributed by atoms with Crippen molar-refractivity contribution in [2.45, 2.75) is 12.1 Å². The number of hydrogen-bond acceptors (Lipinski definition) is 5. The molecule has 0 amide bonds. The van der Waals surface area contributed by atoms with Crippen LogP contribution in [0, 0.1) is 6.92 Å². The number of ether oxygens (including phenoxy) is 1. The van der Waals surface area contributed by atoms with E-state index in [9.17, 15) is 0 Å². The SMILES string of the molecule is Cc1ccccc1OCCSc1nnc2sc3ccccc3n12. The summed E-state index contributed by atoms with van der Waals surface area (Å²) in [4.78, 5) is 0.938. The Bertz CT molecular complexity index is 961. The Morgan fingerprint density at radius 1 is 1.09 bits per heavy atom. The first kappa shape index (κ1) is 14.5. The van der Waals surface area contributed by atoms with Crippen molar-refractivity contribution in [2.75, 3.05) is 12.4 Å². The van der Waals surface area contributed by atoms with Gasteiger partial charge in [-0.1, -0.05) is 53.4 Å². The zero-order valence-corrected chi connectivity index (χ0v) is 14.2. The molecule has 4 rings (SSSR count). The van der Waals surface area contributed by atoms with Gasteiger partial charge >= 0.3 is 0 Å². The second-order valence-corrected chi connectivity index (χ2v) is 7.20. The predicted octanol–water partition coefficient (Wildman–Crippen LogP) is 4.42. The summed E-state index contributed by atoms with van der Waals surface area (Å²) in [6.45, 7) is 2.70. The van der Waals surface area contributed by atoms with Gasteiger partial charge in [0.25, 0.3) is 0 Å². The first-order valence-corrected chi connectivity index (χ1v) is 9.17. The summed E-state index contributed by atoms with van der Waals surface area (Å²) in [5, 5.41) is 9.50. The van der Waals surface area contributed by atoms with Gasteiger partial charge in [0.15, 0.2) is 5.16 Å². The third-order valence-corrected chi connectivity index (χ3v) is 5.48. The van der Waals surface area contributed by atoms with E-state index in [4.69, 9.17) is 4.74 Å². The fourth-order valence-electron chi connectivity index (χ4n) is 2.45. The van der Waals surface area contributed by atoms with Crippen molar-refractivity contribution in [2.24, 2.45) is 0 Å². The number of hydrogen-bond donors (Lipinski definition) is 0. The summed E-state index contributed by atoms with van der Waals surface area (Å²) >= 11 is 3.34. The minimum atomic E-state index is 0.645. The Balaban J connectivity index is 1.47. The Morgan fingerprint density at radius 3 is 2.83 bits per heavy atom. The van der Waals surface area contributed by atoms with Crippen molar-refractivity contribution < 1.29 is 4.74 Å². The van der Waals surface area contributed by atoms with Crippen LogP contribution in [-0.2, 0) is 0 Å². The molecular formula is C17H15N3OS2. The molecule has 0 atom stereocenters. The summed E-state index contributed by atoms with van der Waals surface area (Å²) in [5.74, 6) is 1.78. The number of rotatable bonds is 5. The Morgan fingerprint density at radius 2 is 1.91 bits per heavy atom. The highest BCUT2D eigenvalue weighted by molar-refractivity contribution is 7.99. The number of aromatic nitrogens is 3. The van der Waals surface area contributed by atoms with E-state index >= 15 is 0 Å². The summed E-state index contributed by atoms with van der Waals surface area (Å²) in [6, 6.07) is 16.4. The molecule has 0 aliphatic heterocycles. The van der Waals surface area contributed by atoms with E-state index in [0.29, 0.717) is 6.61 Å². The summed E-state index contributed by atoms with van der Waals surface area (Å²) in [5.41, 5.74) is 2.33. The quantitative estimate of drug-likeness (QED) is 0.398. The molecule has 0 unspecified atom stereocenters. The zero-order chi connectivity index (χ0) is 15.6. The molecule has 0 radical (unpaired) electrons. The van der Waals surface area contributed by atoms with Gasteiger partial charge in [-0.2, -0.15) is 0 Å². The lowest BCUT2D eigenvalue weighted by atomic mass is 10.2. The van der Waals surface area contributed by atoms with E-state index < -0.39 is 0 Å². The van der Waals surface area contributed by atoms with Crippen molar-refractivity contribution in [3.05, 3.63) is 54.1 Å². The van der Waals surface area contributed by atoms with E-state index in [0.717, 1.165) is 27.2 Å². The maximum atomic E-state index is 5.84. The Hall–Kier alpha value is -2.05. The van der Waals surface area contributed by atoms with Crippen LogP contribution in [0.5, 0.6) is 5.75 Å². The summed E-state index contributed by atoms with van der Waals surface area (Å²) in [6.07, 6.45) is 0. The fraction of sp³-hybridized carbons (Fsp3) is 0.176. The van der Waals surface area contributed by atoms with Crippen LogP contribution in [0.3, 0.4) is 0 Å². The van der Waals surface area contributed by atoms with Gasteiger partial charge in [0.2, 0.25) is 4.96 Å². The predicted molar refractivity (Wildman–Crippen MR) is 95.8 cm³/mol. The van der Waals surface area contributed by atoms with E-state index in [1.807, 2.05) is 24.3 Å². The van der Waals surface area contributed by atoms with Gasteiger partial charge in [-0.3, -0.25) is 4.40 Å². The van der Waals surface area contributed by atoms with Crippen molar-refractivity contribution in [1.29, 1.82) is 0 Å². The highest BCUT2D eigenvalue weighted by Crippen LogP contribution is 2.29. The average Bonchev–Trinajstić information content (AvgIpc) is 3.12. The zero-order valence-electron chi connectivity index (χ0n) is 12.6.